The molecule has 1 aliphatic carbocycles. The lowest BCUT2D eigenvalue weighted by Gasteiger charge is -2.21. The third-order valence-electron chi connectivity index (χ3n) is 12.5. The monoisotopic (exact) mass is 689 g/mol. The number of para-hydroxylation sites is 1. The van der Waals surface area contributed by atoms with E-state index in [1.807, 2.05) is 0 Å². The second-order valence-electron chi connectivity index (χ2n) is 15.6. The van der Waals surface area contributed by atoms with Gasteiger partial charge in [-0.2, -0.15) is 0 Å². The minimum Gasteiger partial charge on any atom is -0.456 e. The van der Waals surface area contributed by atoms with Crippen molar-refractivity contribution in [2.24, 2.45) is 0 Å². The average molecular weight is 690 g/mol. The van der Waals surface area contributed by atoms with Crippen LogP contribution in [0.2, 0.25) is 0 Å². The summed E-state index contributed by atoms with van der Waals surface area (Å²) in [6.07, 6.45) is 0. The quantitative estimate of drug-likeness (QED) is 0.169. The molecule has 0 atom stereocenters. The lowest BCUT2D eigenvalue weighted by atomic mass is 9.82. The van der Waals surface area contributed by atoms with Gasteiger partial charge in [0.1, 0.15) is 22.3 Å². The lowest BCUT2D eigenvalue weighted by molar-refractivity contribution is 0.661. The van der Waals surface area contributed by atoms with Gasteiger partial charge in [-0.15, -0.1) is 0 Å². The zero-order valence-corrected chi connectivity index (χ0v) is 29.7. The molecule has 0 unspecified atom stereocenters. The van der Waals surface area contributed by atoms with Gasteiger partial charge in [-0.1, -0.05) is 111 Å². The molecular formula is C51H31NO2. The summed E-state index contributed by atoms with van der Waals surface area (Å²) in [6.45, 7) is 4.72. The van der Waals surface area contributed by atoms with Gasteiger partial charge in [0.15, 0.2) is 0 Å². The summed E-state index contributed by atoms with van der Waals surface area (Å²) in [7, 11) is 0. The van der Waals surface area contributed by atoms with Gasteiger partial charge >= 0.3 is 0 Å². The minimum atomic E-state index is -0.0972. The molecule has 0 radical (unpaired) electrons. The summed E-state index contributed by atoms with van der Waals surface area (Å²) in [6, 6.07) is 55.4. The molecule has 0 aliphatic heterocycles. The number of hydrogen-bond acceptors (Lipinski definition) is 2. The van der Waals surface area contributed by atoms with Crippen molar-refractivity contribution in [3.63, 3.8) is 0 Å². The van der Waals surface area contributed by atoms with Gasteiger partial charge in [0, 0.05) is 32.3 Å². The fourth-order valence-corrected chi connectivity index (χ4v) is 10.2. The summed E-state index contributed by atoms with van der Waals surface area (Å²) in [5, 5.41) is 12.1. The number of benzene rings is 9. The third-order valence-corrected chi connectivity index (χ3v) is 12.5. The largest absolute Gasteiger partial charge is 0.456 e. The SMILES string of the molecule is CC1(C)c2ccccc2-c2cc3c4ccccc4n(-c4cccc5oc6cc(-c7cccc8c9cccc%10oc%11cccc(c78)c%11c%109)ccc6c45)c3cc21. The molecule has 0 bridgehead atoms. The number of nitrogens with zero attached hydrogens (tertiary/aromatic N) is 1. The van der Waals surface area contributed by atoms with Crippen LogP contribution < -0.4 is 0 Å². The molecule has 9 aromatic carbocycles. The normalized spacial score (nSPS) is 13.9. The van der Waals surface area contributed by atoms with E-state index in [0.29, 0.717) is 0 Å². The van der Waals surface area contributed by atoms with Gasteiger partial charge in [0.25, 0.3) is 0 Å². The van der Waals surface area contributed by atoms with E-state index in [1.165, 1.54) is 81.9 Å². The summed E-state index contributed by atoms with van der Waals surface area (Å²) < 4.78 is 15.6. The molecule has 0 spiro atoms. The predicted octanol–water partition coefficient (Wildman–Crippen LogP) is 14.3. The number of hydrogen-bond donors (Lipinski definition) is 0. The summed E-state index contributed by atoms with van der Waals surface area (Å²) >= 11 is 0. The number of aromatic nitrogens is 1. The van der Waals surface area contributed by atoms with Crippen LogP contribution >= 0.6 is 0 Å². The van der Waals surface area contributed by atoms with Crippen LogP contribution in [-0.4, -0.2) is 4.57 Å². The van der Waals surface area contributed by atoms with E-state index >= 15 is 0 Å². The molecule has 1 aliphatic rings. The zero-order valence-electron chi connectivity index (χ0n) is 29.7. The van der Waals surface area contributed by atoms with Crippen molar-refractivity contribution >= 4 is 87.2 Å². The van der Waals surface area contributed by atoms with Gasteiger partial charge in [-0.05, 0) is 110 Å². The molecule has 252 valence electrons. The van der Waals surface area contributed by atoms with Crippen molar-refractivity contribution < 1.29 is 8.83 Å². The number of furan rings is 2. The van der Waals surface area contributed by atoms with E-state index in [0.717, 1.165) is 44.4 Å². The van der Waals surface area contributed by atoms with Crippen LogP contribution in [0.4, 0.5) is 0 Å². The van der Waals surface area contributed by atoms with Crippen molar-refractivity contribution in [3.8, 4) is 27.9 Å². The highest BCUT2D eigenvalue weighted by Crippen LogP contribution is 2.52. The predicted molar refractivity (Wildman–Crippen MR) is 225 cm³/mol. The molecule has 3 heteroatoms. The minimum absolute atomic E-state index is 0.0972. The van der Waals surface area contributed by atoms with Crippen LogP contribution in [0.15, 0.2) is 160 Å². The summed E-state index contributed by atoms with van der Waals surface area (Å²) in [4.78, 5) is 0. The van der Waals surface area contributed by atoms with Gasteiger partial charge in [0.2, 0.25) is 0 Å². The van der Waals surface area contributed by atoms with Crippen molar-refractivity contribution in [1.29, 1.82) is 0 Å². The van der Waals surface area contributed by atoms with Crippen LogP contribution in [0.3, 0.4) is 0 Å². The first-order valence-corrected chi connectivity index (χ1v) is 18.8. The Labute approximate surface area is 309 Å². The Balaban J connectivity index is 1.06. The molecule has 3 heterocycles. The highest BCUT2D eigenvalue weighted by atomic mass is 16.3. The van der Waals surface area contributed by atoms with Gasteiger partial charge in [-0.25, -0.2) is 0 Å². The van der Waals surface area contributed by atoms with E-state index in [1.54, 1.807) is 0 Å². The van der Waals surface area contributed by atoms with Crippen LogP contribution in [-0.2, 0) is 5.41 Å². The van der Waals surface area contributed by atoms with E-state index in [2.05, 4.69) is 170 Å². The Bertz CT molecular complexity index is 3590. The molecule has 0 N–H and O–H groups in total. The molecule has 3 aromatic heterocycles. The Morgan fingerprint density at radius 1 is 0.389 bits per heavy atom. The maximum Gasteiger partial charge on any atom is 0.137 e. The molecule has 0 saturated heterocycles. The molecule has 0 amide bonds. The smallest absolute Gasteiger partial charge is 0.137 e. The van der Waals surface area contributed by atoms with Crippen LogP contribution in [0.1, 0.15) is 25.0 Å². The first-order chi connectivity index (χ1) is 26.5. The van der Waals surface area contributed by atoms with E-state index < -0.39 is 0 Å². The molecular weight excluding hydrogens is 659 g/mol. The number of rotatable bonds is 2. The van der Waals surface area contributed by atoms with Gasteiger partial charge in [0.05, 0.1) is 22.1 Å². The van der Waals surface area contributed by atoms with Crippen molar-refractivity contribution in [2.45, 2.75) is 19.3 Å². The van der Waals surface area contributed by atoms with Crippen molar-refractivity contribution in [1.82, 2.24) is 4.57 Å². The molecule has 12 aromatic rings. The Morgan fingerprint density at radius 3 is 1.91 bits per heavy atom. The lowest BCUT2D eigenvalue weighted by Crippen LogP contribution is -2.14. The molecule has 0 saturated carbocycles. The fourth-order valence-electron chi connectivity index (χ4n) is 10.2. The highest BCUT2D eigenvalue weighted by molar-refractivity contribution is 6.35. The Kier molecular flexibility index (Phi) is 5.19. The maximum atomic E-state index is 6.79. The van der Waals surface area contributed by atoms with E-state index in [4.69, 9.17) is 8.83 Å². The molecule has 0 fully saturated rings. The molecule has 13 rings (SSSR count). The van der Waals surface area contributed by atoms with Gasteiger partial charge < -0.3 is 13.4 Å². The summed E-state index contributed by atoms with van der Waals surface area (Å²) in [5.74, 6) is 0. The number of fused-ring (bicyclic) bond motifs is 12. The fraction of sp³-hybridized carbons (Fsp3) is 0.0588. The Morgan fingerprint density at radius 2 is 1.04 bits per heavy atom. The molecule has 54 heavy (non-hydrogen) atoms. The van der Waals surface area contributed by atoms with Crippen LogP contribution in [0, 0.1) is 0 Å². The second kappa shape index (κ2) is 9.77. The van der Waals surface area contributed by atoms with Crippen molar-refractivity contribution in [3.05, 3.63) is 163 Å². The second-order valence-corrected chi connectivity index (χ2v) is 15.6. The average Bonchev–Trinajstić information content (AvgIpc) is 3.93. The van der Waals surface area contributed by atoms with E-state index in [-0.39, 0.29) is 5.41 Å². The van der Waals surface area contributed by atoms with E-state index in [9.17, 15) is 0 Å². The standard InChI is InChI=1S/C51H31NO2/c1-51(2)38-17-5-3-11-30(38)36-26-37-31-12-4-6-18-40(31)52(42(37)27-39(36)51)41-19-10-22-43-48(41)34-24-23-28(25-46(34)54-43)29-13-7-14-32-33-15-8-20-44-49(33)50-35(47(29)32)16-9-21-45(50)53-44/h3-27H,1-2H3. The highest BCUT2D eigenvalue weighted by Gasteiger charge is 2.36. The van der Waals surface area contributed by atoms with Crippen LogP contribution in [0.5, 0.6) is 0 Å². The van der Waals surface area contributed by atoms with Gasteiger partial charge in [-0.3, -0.25) is 0 Å². The first-order valence-electron chi connectivity index (χ1n) is 18.8. The summed E-state index contributed by atoms with van der Waals surface area (Å²) in [5.41, 5.74) is 14.8. The molecule has 3 nitrogen and oxygen atoms in total. The maximum absolute atomic E-state index is 6.79. The van der Waals surface area contributed by atoms with Crippen LogP contribution in [0.25, 0.3) is 115 Å². The third kappa shape index (κ3) is 3.43. The van der Waals surface area contributed by atoms with Crippen molar-refractivity contribution in [2.75, 3.05) is 0 Å². The first kappa shape index (κ1) is 28.7. The zero-order chi connectivity index (χ0) is 35.4. The topological polar surface area (TPSA) is 31.2 Å². The Hall–Kier alpha value is -6.84.